The molecular weight excluding hydrogens is 393 g/mol. The molecule has 2 aromatic carbocycles. The van der Waals surface area contributed by atoms with Gasteiger partial charge < -0.3 is 14.2 Å². The standard InChI is InChI=1S/C21H18FN3O3S/c1-25(9-10-27-2)21(26)18-12-23-20(29-18)19-16-8-5-14(11-17(16)28-24-19)13-3-6-15(22)7-4-13/h3-8,11-12H,9-10H2,1-2H3. The van der Waals surface area contributed by atoms with Gasteiger partial charge in [-0.1, -0.05) is 23.4 Å². The van der Waals surface area contributed by atoms with E-state index in [1.165, 1.54) is 23.5 Å². The van der Waals surface area contributed by atoms with Crippen molar-refractivity contribution >= 4 is 28.2 Å². The zero-order valence-electron chi connectivity index (χ0n) is 15.9. The molecule has 2 heterocycles. The van der Waals surface area contributed by atoms with E-state index >= 15 is 0 Å². The molecule has 0 N–H and O–H groups in total. The predicted molar refractivity (Wildman–Crippen MR) is 109 cm³/mol. The van der Waals surface area contributed by atoms with Crippen LogP contribution in [-0.2, 0) is 4.74 Å². The second-order valence-electron chi connectivity index (χ2n) is 6.50. The molecule has 0 aliphatic rings. The normalized spacial score (nSPS) is 11.1. The van der Waals surface area contributed by atoms with Crippen molar-refractivity contribution in [3.63, 3.8) is 0 Å². The molecule has 29 heavy (non-hydrogen) atoms. The SMILES string of the molecule is COCCN(C)C(=O)c1cnc(-c2noc3cc(-c4ccc(F)cc4)ccc23)s1. The topological polar surface area (TPSA) is 68.5 Å². The first-order valence-corrected chi connectivity index (χ1v) is 9.74. The average molecular weight is 411 g/mol. The lowest BCUT2D eigenvalue weighted by Gasteiger charge is -2.14. The number of thiazole rings is 1. The Kier molecular flexibility index (Phi) is 5.37. The lowest BCUT2D eigenvalue weighted by molar-refractivity contribution is 0.0748. The number of carbonyl (C=O) groups is 1. The first-order chi connectivity index (χ1) is 14.1. The number of halogens is 1. The van der Waals surface area contributed by atoms with Crippen molar-refractivity contribution in [2.75, 3.05) is 27.3 Å². The van der Waals surface area contributed by atoms with Crippen LogP contribution in [0.1, 0.15) is 9.67 Å². The van der Waals surface area contributed by atoms with Crippen LogP contribution in [0.2, 0.25) is 0 Å². The second-order valence-corrected chi connectivity index (χ2v) is 7.53. The minimum Gasteiger partial charge on any atom is -0.383 e. The number of aromatic nitrogens is 2. The molecule has 0 saturated carbocycles. The number of ether oxygens (including phenoxy) is 1. The van der Waals surface area contributed by atoms with Gasteiger partial charge in [-0.05, 0) is 35.4 Å². The third-order valence-corrected chi connectivity index (χ3v) is 5.54. The number of amides is 1. The largest absolute Gasteiger partial charge is 0.383 e. The highest BCUT2D eigenvalue weighted by molar-refractivity contribution is 7.17. The van der Waals surface area contributed by atoms with Gasteiger partial charge in [-0.2, -0.15) is 0 Å². The van der Waals surface area contributed by atoms with Gasteiger partial charge in [0.25, 0.3) is 5.91 Å². The van der Waals surface area contributed by atoms with Crippen LogP contribution >= 0.6 is 11.3 Å². The highest BCUT2D eigenvalue weighted by atomic mass is 32.1. The number of rotatable bonds is 6. The number of methoxy groups -OCH3 is 1. The van der Waals surface area contributed by atoms with Crippen LogP contribution in [0.3, 0.4) is 0 Å². The van der Waals surface area contributed by atoms with E-state index in [9.17, 15) is 9.18 Å². The molecule has 1 amide bonds. The zero-order valence-corrected chi connectivity index (χ0v) is 16.7. The summed E-state index contributed by atoms with van der Waals surface area (Å²) < 4.78 is 23.7. The monoisotopic (exact) mass is 411 g/mol. The minimum atomic E-state index is -0.279. The lowest BCUT2D eigenvalue weighted by Crippen LogP contribution is -2.29. The van der Waals surface area contributed by atoms with Crippen molar-refractivity contribution in [3.05, 3.63) is 59.4 Å². The molecule has 148 valence electrons. The summed E-state index contributed by atoms with van der Waals surface area (Å²) in [4.78, 5) is 19.0. The van der Waals surface area contributed by atoms with E-state index < -0.39 is 0 Å². The van der Waals surface area contributed by atoms with Gasteiger partial charge in [0, 0.05) is 20.7 Å². The molecule has 0 spiro atoms. The summed E-state index contributed by atoms with van der Waals surface area (Å²) in [5.74, 6) is -0.393. The Labute approximate surface area is 170 Å². The maximum Gasteiger partial charge on any atom is 0.265 e. The van der Waals surface area contributed by atoms with Crippen LogP contribution in [-0.4, -0.2) is 48.3 Å². The third-order valence-electron chi connectivity index (χ3n) is 4.55. The summed E-state index contributed by atoms with van der Waals surface area (Å²) in [6, 6.07) is 11.9. The lowest BCUT2D eigenvalue weighted by atomic mass is 10.0. The van der Waals surface area contributed by atoms with Gasteiger partial charge in [-0.3, -0.25) is 4.79 Å². The molecule has 0 aliphatic heterocycles. The highest BCUT2D eigenvalue weighted by Gasteiger charge is 2.19. The molecule has 0 atom stereocenters. The quantitative estimate of drug-likeness (QED) is 0.468. The van der Waals surface area contributed by atoms with E-state index in [1.54, 1.807) is 37.4 Å². The van der Waals surface area contributed by atoms with Crippen LogP contribution in [0.4, 0.5) is 4.39 Å². The molecule has 0 radical (unpaired) electrons. The summed E-state index contributed by atoms with van der Waals surface area (Å²) >= 11 is 1.27. The number of likely N-dealkylation sites (N-methyl/N-ethyl adjacent to an activating group) is 1. The second kappa shape index (κ2) is 8.10. The zero-order chi connectivity index (χ0) is 20.4. The van der Waals surface area contributed by atoms with Gasteiger partial charge in [-0.25, -0.2) is 9.37 Å². The van der Waals surface area contributed by atoms with Crippen molar-refractivity contribution in [3.8, 4) is 21.8 Å². The molecule has 4 aromatic rings. The Balaban J connectivity index is 1.61. The van der Waals surface area contributed by atoms with E-state index in [4.69, 9.17) is 9.26 Å². The minimum absolute atomic E-state index is 0.114. The summed E-state index contributed by atoms with van der Waals surface area (Å²) in [6.45, 7) is 0.972. The number of hydrogen-bond donors (Lipinski definition) is 0. The van der Waals surface area contributed by atoms with E-state index in [2.05, 4.69) is 10.1 Å². The number of nitrogens with zero attached hydrogens (tertiary/aromatic N) is 3. The van der Waals surface area contributed by atoms with Crippen molar-refractivity contribution in [1.29, 1.82) is 0 Å². The van der Waals surface area contributed by atoms with E-state index in [-0.39, 0.29) is 11.7 Å². The fraction of sp³-hybridized carbons (Fsp3) is 0.190. The highest BCUT2D eigenvalue weighted by Crippen LogP contribution is 2.33. The number of fused-ring (bicyclic) bond motifs is 1. The Morgan fingerprint density at radius 1 is 1.21 bits per heavy atom. The van der Waals surface area contributed by atoms with Gasteiger partial charge in [0.15, 0.2) is 5.58 Å². The molecule has 0 bridgehead atoms. The Morgan fingerprint density at radius 3 is 2.72 bits per heavy atom. The number of carbonyl (C=O) groups excluding carboxylic acids is 1. The Morgan fingerprint density at radius 2 is 1.97 bits per heavy atom. The molecule has 0 fully saturated rings. The molecular formula is C21H18FN3O3S. The van der Waals surface area contributed by atoms with Crippen LogP contribution < -0.4 is 0 Å². The number of benzene rings is 2. The number of hydrogen-bond acceptors (Lipinski definition) is 6. The molecule has 4 rings (SSSR count). The molecule has 2 aromatic heterocycles. The van der Waals surface area contributed by atoms with Gasteiger partial charge in [0.05, 0.1) is 18.2 Å². The van der Waals surface area contributed by atoms with Crippen molar-refractivity contribution < 1.29 is 18.4 Å². The molecule has 0 aliphatic carbocycles. The Bertz CT molecular complexity index is 1150. The van der Waals surface area contributed by atoms with Crippen LogP contribution in [0.25, 0.3) is 32.8 Å². The maximum absolute atomic E-state index is 13.1. The predicted octanol–water partition coefficient (Wildman–Crippen LogP) is 4.48. The van der Waals surface area contributed by atoms with Crippen molar-refractivity contribution in [1.82, 2.24) is 15.0 Å². The molecule has 8 heteroatoms. The van der Waals surface area contributed by atoms with Crippen LogP contribution in [0.15, 0.2) is 53.2 Å². The third kappa shape index (κ3) is 3.90. The van der Waals surface area contributed by atoms with Crippen LogP contribution in [0, 0.1) is 5.82 Å². The van der Waals surface area contributed by atoms with Gasteiger partial charge in [-0.15, -0.1) is 11.3 Å². The summed E-state index contributed by atoms with van der Waals surface area (Å²) in [7, 11) is 3.32. The smallest absolute Gasteiger partial charge is 0.265 e. The first kappa shape index (κ1) is 19.2. The van der Waals surface area contributed by atoms with E-state index in [0.29, 0.717) is 34.3 Å². The summed E-state index contributed by atoms with van der Waals surface area (Å²) in [5, 5.41) is 5.57. The fourth-order valence-corrected chi connectivity index (χ4v) is 3.82. The van der Waals surface area contributed by atoms with Gasteiger partial charge in [0.2, 0.25) is 0 Å². The Hall–Kier alpha value is -3.10. The van der Waals surface area contributed by atoms with E-state index in [1.807, 2.05) is 18.2 Å². The van der Waals surface area contributed by atoms with Gasteiger partial charge >= 0.3 is 0 Å². The molecule has 6 nitrogen and oxygen atoms in total. The van der Waals surface area contributed by atoms with E-state index in [0.717, 1.165) is 16.5 Å². The van der Waals surface area contributed by atoms with Crippen molar-refractivity contribution in [2.45, 2.75) is 0 Å². The first-order valence-electron chi connectivity index (χ1n) is 8.93. The molecule has 0 unspecified atom stereocenters. The molecule has 0 saturated heterocycles. The summed E-state index contributed by atoms with van der Waals surface area (Å²) in [5.41, 5.74) is 2.97. The fourth-order valence-electron chi connectivity index (χ4n) is 2.91. The average Bonchev–Trinajstić information content (AvgIpc) is 3.38. The maximum atomic E-state index is 13.1. The summed E-state index contributed by atoms with van der Waals surface area (Å²) in [6.07, 6.45) is 1.55. The van der Waals surface area contributed by atoms with Gasteiger partial charge in [0.1, 0.15) is 21.4 Å². The van der Waals surface area contributed by atoms with Crippen molar-refractivity contribution in [2.24, 2.45) is 0 Å². The van der Waals surface area contributed by atoms with Crippen LogP contribution in [0.5, 0.6) is 0 Å².